The molecule has 1 heterocycles. The maximum absolute atomic E-state index is 12.7. The summed E-state index contributed by atoms with van der Waals surface area (Å²) in [6.45, 7) is 6.94. The molecular weight excluding hydrogens is 276 g/mol. The fraction of sp³-hybridized carbons (Fsp3) is 0.857. The van der Waals surface area contributed by atoms with Crippen LogP contribution in [0.4, 0.5) is 4.79 Å². The van der Waals surface area contributed by atoms with Gasteiger partial charge in [0.15, 0.2) is 0 Å². The second-order valence-electron chi connectivity index (χ2n) is 6.08. The highest BCUT2D eigenvalue weighted by Gasteiger charge is 2.44. The number of urea groups is 1. The highest BCUT2D eigenvalue weighted by molar-refractivity contribution is 8.00. The largest absolute Gasteiger partial charge is 0.480 e. The lowest BCUT2D eigenvalue weighted by molar-refractivity contribution is -0.141. The molecule has 0 radical (unpaired) electrons. The van der Waals surface area contributed by atoms with Crippen LogP contribution in [0.2, 0.25) is 0 Å². The van der Waals surface area contributed by atoms with Gasteiger partial charge in [0.05, 0.1) is 5.37 Å². The Balaban J connectivity index is 2.07. The molecule has 1 N–H and O–H groups in total. The Labute approximate surface area is 124 Å². The number of rotatable bonds is 5. The lowest BCUT2D eigenvalue weighted by Crippen LogP contribution is -2.52. The summed E-state index contributed by atoms with van der Waals surface area (Å²) in [7, 11) is 0. The zero-order chi connectivity index (χ0) is 14.9. The van der Waals surface area contributed by atoms with Crippen LogP contribution in [0.5, 0.6) is 0 Å². The summed E-state index contributed by atoms with van der Waals surface area (Å²) in [6, 6.07) is -0.436. The average molecular weight is 300 g/mol. The minimum Gasteiger partial charge on any atom is -0.480 e. The molecule has 20 heavy (non-hydrogen) atoms. The summed E-state index contributed by atoms with van der Waals surface area (Å²) in [5.41, 5.74) is 0. The van der Waals surface area contributed by atoms with E-state index in [4.69, 9.17) is 0 Å². The normalized spacial score (nSPS) is 26.1. The maximum Gasteiger partial charge on any atom is 0.327 e. The predicted octanol–water partition coefficient (Wildman–Crippen LogP) is 2.46. The second-order valence-corrected chi connectivity index (χ2v) is 7.43. The average Bonchev–Trinajstić information content (AvgIpc) is 3.11. The monoisotopic (exact) mass is 300 g/mol. The SMILES string of the molecule is CC(C)CCN(C(=O)N1C(C)SCC1C(=O)O)C1CC1. The molecule has 2 rings (SSSR count). The van der Waals surface area contributed by atoms with E-state index in [9.17, 15) is 14.7 Å². The molecule has 0 aromatic rings. The number of hydrogen-bond acceptors (Lipinski definition) is 3. The summed E-state index contributed by atoms with van der Waals surface area (Å²) in [5, 5.41) is 9.23. The smallest absolute Gasteiger partial charge is 0.327 e. The van der Waals surface area contributed by atoms with E-state index in [0.29, 0.717) is 17.7 Å². The fourth-order valence-electron chi connectivity index (χ4n) is 2.49. The van der Waals surface area contributed by atoms with Crippen LogP contribution in [0.3, 0.4) is 0 Å². The molecule has 0 spiro atoms. The molecule has 1 saturated heterocycles. The summed E-state index contributed by atoms with van der Waals surface area (Å²) >= 11 is 1.54. The fourth-order valence-corrected chi connectivity index (χ4v) is 3.65. The number of carboxylic acid groups (broad SMARTS) is 1. The molecule has 5 nitrogen and oxygen atoms in total. The molecule has 0 bridgehead atoms. The Morgan fingerprint density at radius 2 is 2.05 bits per heavy atom. The van der Waals surface area contributed by atoms with Gasteiger partial charge in [0, 0.05) is 18.3 Å². The Hall–Kier alpha value is -0.910. The number of carboxylic acids is 1. The van der Waals surface area contributed by atoms with Crippen LogP contribution in [0.25, 0.3) is 0 Å². The maximum atomic E-state index is 12.7. The number of amides is 2. The van der Waals surface area contributed by atoms with Crippen molar-refractivity contribution in [3.05, 3.63) is 0 Å². The van der Waals surface area contributed by atoms with Gasteiger partial charge in [0.25, 0.3) is 0 Å². The summed E-state index contributed by atoms with van der Waals surface area (Å²) in [5.74, 6) is 0.143. The minimum atomic E-state index is -0.894. The predicted molar refractivity (Wildman–Crippen MR) is 79.8 cm³/mol. The minimum absolute atomic E-state index is 0.0519. The quantitative estimate of drug-likeness (QED) is 0.847. The van der Waals surface area contributed by atoms with Crippen molar-refractivity contribution in [1.29, 1.82) is 0 Å². The molecular formula is C14H24N2O3S. The van der Waals surface area contributed by atoms with Gasteiger partial charge in [-0.15, -0.1) is 11.8 Å². The van der Waals surface area contributed by atoms with Crippen LogP contribution in [-0.4, -0.2) is 56.7 Å². The van der Waals surface area contributed by atoms with Gasteiger partial charge in [-0.25, -0.2) is 9.59 Å². The summed E-state index contributed by atoms with van der Waals surface area (Å²) in [6.07, 6.45) is 3.07. The second kappa shape index (κ2) is 6.24. The van der Waals surface area contributed by atoms with Crippen LogP contribution >= 0.6 is 11.8 Å². The van der Waals surface area contributed by atoms with E-state index in [-0.39, 0.29) is 11.4 Å². The lowest BCUT2D eigenvalue weighted by Gasteiger charge is -2.32. The van der Waals surface area contributed by atoms with Crippen molar-refractivity contribution >= 4 is 23.8 Å². The first kappa shape index (κ1) is 15.5. The van der Waals surface area contributed by atoms with E-state index in [1.807, 2.05) is 11.8 Å². The topological polar surface area (TPSA) is 60.9 Å². The third kappa shape index (κ3) is 3.40. The van der Waals surface area contributed by atoms with Crippen LogP contribution in [0, 0.1) is 5.92 Å². The van der Waals surface area contributed by atoms with Gasteiger partial charge in [-0.05, 0) is 32.1 Å². The van der Waals surface area contributed by atoms with E-state index < -0.39 is 12.0 Å². The first-order valence-corrected chi connectivity index (χ1v) is 8.40. The van der Waals surface area contributed by atoms with Gasteiger partial charge < -0.3 is 10.0 Å². The number of aliphatic carboxylic acids is 1. The Morgan fingerprint density at radius 1 is 1.40 bits per heavy atom. The van der Waals surface area contributed by atoms with E-state index >= 15 is 0 Å². The zero-order valence-corrected chi connectivity index (χ0v) is 13.2. The van der Waals surface area contributed by atoms with E-state index in [0.717, 1.165) is 25.8 Å². The lowest BCUT2D eigenvalue weighted by atomic mass is 10.1. The van der Waals surface area contributed by atoms with Gasteiger partial charge in [-0.3, -0.25) is 4.90 Å². The standard InChI is InChI=1S/C14H24N2O3S/c1-9(2)6-7-15(11-4-5-11)14(19)16-10(3)20-8-12(16)13(17)18/h9-12H,4-8H2,1-3H3,(H,17,18). The molecule has 1 saturated carbocycles. The van der Waals surface area contributed by atoms with Crippen LogP contribution in [0.1, 0.15) is 40.0 Å². The molecule has 2 aliphatic rings. The molecule has 2 unspecified atom stereocenters. The number of thioether (sulfide) groups is 1. The highest BCUT2D eigenvalue weighted by Crippen LogP contribution is 2.34. The van der Waals surface area contributed by atoms with E-state index in [2.05, 4.69) is 13.8 Å². The van der Waals surface area contributed by atoms with Crippen molar-refractivity contribution in [3.8, 4) is 0 Å². The molecule has 2 amide bonds. The van der Waals surface area contributed by atoms with Crippen LogP contribution in [-0.2, 0) is 4.79 Å². The number of carbonyl (C=O) groups is 2. The van der Waals surface area contributed by atoms with Crippen molar-refractivity contribution in [2.24, 2.45) is 5.92 Å². The van der Waals surface area contributed by atoms with Gasteiger partial charge in [-0.1, -0.05) is 13.8 Å². The van der Waals surface area contributed by atoms with Gasteiger partial charge in [0.1, 0.15) is 6.04 Å². The Kier molecular flexibility index (Phi) is 4.83. The Bertz CT molecular complexity index is 385. The van der Waals surface area contributed by atoms with E-state index in [1.165, 1.54) is 0 Å². The van der Waals surface area contributed by atoms with Crippen LogP contribution < -0.4 is 0 Å². The molecule has 0 aromatic heterocycles. The Morgan fingerprint density at radius 3 is 2.55 bits per heavy atom. The molecule has 1 aliphatic carbocycles. The third-order valence-electron chi connectivity index (χ3n) is 3.91. The molecule has 114 valence electrons. The molecule has 1 aliphatic heterocycles. The van der Waals surface area contributed by atoms with Gasteiger partial charge in [-0.2, -0.15) is 0 Å². The van der Waals surface area contributed by atoms with Crippen LogP contribution in [0.15, 0.2) is 0 Å². The van der Waals surface area contributed by atoms with Crippen molar-refractivity contribution in [2.45, 2.75) is 57.5 Å². The highest BCUT2D eigenvalue weighted by atomic mass is 32.2. The number of hydrogen-bond donors (Lipinski definition) is 1. The first-order valence-electron chi connectivity index (χ1n) is 7.35. The third-order valence-corrected chi connectivity index (χ3v) is 5.13. The zero-order valence-electron chi connectivity index (χ0n) is 12.4. The van der Waals surface area contributed by atoms with E-state index in [1.54, 1.807) is 16.7 Å². The van der Waals surface area contributed by atoms with Crippen molar-refractivity contribution in [3.63, 3.8) is 0 Å². The van der Waals surface area contributed by atoms with Gasteiger partial charge in [0.2, 0.25) is 0 Å². The van der Waals surface area contributed by atoms with Crippen molar-refractivity contribution in [1.82, 2.24) is 9.80 Å². The summed E-state index contributed by atoms with van der Waals surface area (Å²) in [4.78, 5) is 27.5. The van der Waals surface area contributed by atoms with Gasteiger partial charge >= 0.3 is 12.0 Å². The number of carbonyl (C=O) groups excluding carboxylic acids is 1. The number of nitrogens with zero attached hydrogens (tertiary/aromatic N) is 2. The molecule has 2 fully saturated rings. The van der Waals surface area contributed by atoms with Crippen molar-refractivity contribution in [2.75, 3.05) is 12.3 Å². The molecule has 6 heteroatoms. The molecule has 2 atom stereocenters. The summed E-state index contributed by atoms with van der Waals surface area (Å²) < 4.78 is 0. The first-order chi connectivity index (χ1) is 9.41. The van der Waals surface area contributed by atoms with Crippen molar-refractivity contribution < 1.29 is 14.7 Å². The molecule has 0 aromatic carbocycles.